The Bertz CT molecular complexity index is 268. The zero-order valence-electron chi connectivity index (χ0n) is 13.7. The molecule has 1 saturated carbocycles. The summed E-state index contributed by atoms with van der Waals surface area (Å²) >= 11 is 0. The van der Waals surface area contributed by atoms with Crippen LogP contribution >= 0.6 is 0 Å². The van der Waals surface area contributed by atoms with Crippen LogP contribution < -0.4 is 5.32 Å². The van der Waals surface area contributed by atoms with Crippen molar-refractivity contribution >= 4 is 0 Å². The molecule has 3 nitrogen and oxygen atoms in total. The van der Waals surface area contributed by atoms with Crippen LogP contribution in [-0.2, 0) is 4.74 Å². The van der Waals surface area contributed by atoms with E-state index < -0.39 is 0 Å². The summed E-state index contributed by atoms with van der Waals surface area (Å²) in [7, 11) is 0. The minimum absolute atomic E-state index is 0.463. The van der Waals surface area contributed by atoms with Crippen LogP contribution in [0.5, 0.6) is 0 Å². The molecule has 0 radical (unpaired) electrons. The minimum Gasteiger partial charge on any atom is -0.372 e. The van der Waals surface area contributed by atoms with Crippen LogP contribution in [0.3, 0.4) is 0 Å². The fourth-order valence-electron chi connectivity index (χ4n) is 3.02. The molecule has 3 unspecified atom stereocenters. The SMILES string of the molecule is CCCCN(CC1CCC(CNC2CC2)O1)C(C)CC. The van der Waals surface area contributed by atoms with E-state index in [-0.39, 0.29) is 0 Å². The molecule has 118 valence electrons. The van der Waals surface area contributed by atoms with Gasteiger partial charge in [-0.25, -0.2) is 0 Å². The van der Waals surface area contributed by atoms with E-state index in [1.165, 1.54) is 51.5 Å². The molecule has 1 aliphatic carbocycles. The Kier molecular flexibility index (Phi) is 6.79. The van der Waals surface area contributed by atoms with Gasteiger partial charge in [0.05, 0.1) is 12.2 Å². The van der Waals surface area contributed by atoms with Crippen LogP contribution in [0.15, 0.2) is 0 Å². The maximum Gasteiger partial charge on any atom is 0.0707 e. The third-order valence-corrected chi connectivity index (χ3v) is 4.86. The summed E-state index contributed by atoms with van der Waals surface area (Å²) in [5, 5.41) is 3.60. The van der Waals surface area contributed by atoms with Gasteiger partial charge in [0.15, 0.2) is 0 Å². The second-order valence-corrected chi connectivity index (χ2v) is 6.75. The third kappa shape index (κ3) is 5.34. The molecule has 0 amide bonds. The summed E-state index contributed by atoms with van der Waals surface area (Å²) in [6.45, 7) is 10.4. The number of rotatable bonds is 10. The standard InChI is InChI=1S/C17H34N2O/c1-4-6-11-19(14(3)5-2)13-17-10-9-16(20-17)12-18-15-7-8-15/h14-18H,4-13H2,1-3H3. The lowest BCUT2D eigenvalue weighted by Crippen LogP contribution is -2.40. The molecule has 20 heavy (non-hydrogen) atoms. The van der Waals surface area contributed by atoms with E-state index in [0.29, 0.717) is 18.2 Å². The van der Waals surface area contributed by atoms with Gasteiger partial charge in [0, 0.05) is 25.2 Å². The highest BCUT2D eigenvalue weighted by Crippen LogP contribution is 2.23. The summed E-state index contributed by atoms with van der Waals surface area (Å²) in [5.41, 5.74) is 0. The zero-order chi connectivity index (χ0) is 14.4. The highest BCUT2D eigenvalue weighted by atomic mass is 16.5. The molecule has 0 aromatic carbocycles. The van der Waals surface area contributed by atoms with Gasteiger partial charge < -0.3 is 10.1 Å². The Morgan fingerprint density at radius 3 is 2.55 bits per heavy atom. The minimum atomic E-state index is 0.463. The van der Waals surface area contributed by atoms with Gasteiger partial charge in [-0.05, 0) is 52.0 Å². The Hall–Kier alpha value is -0.120. The van der Waals surface area contributed by atoms with E-state index >= 15 is 0 Å². The quantitative estimate of drug-likeness (QED) is 0.666. The molecule has 3 heteroatoms. The smallest absolute Gasteiger partial charge is 0.0707 e. The molecule has 2 fully saturated rings. The first-order valence-electron chi connectivity index (χ1n) is 8.85. The maximum absolute atomic E-state index is 6.24. The first kappa shape index (κ1) is 16.3. The van der Waals surface area contributed by atoms with Crippen LogP contribution in [0.4, 0.5) is 0 Å². The van der Waals surface area contributed by atoms with Gasteiger partial charge in [0.1, 0.15) is 0 Å². The summed E-state index contributed by atoms with van der Waals surface area (Å²) in [6, 6.07) is 1.49. The Balaban J connectivity index is 1.69. The van der Waals surface area contributed by atoms with Crippen molar-refractivity contribution in [2.75, 3.05) is 19.6 Å². The van der Waals surface area contributed by atoms with Crippen molar-refractivity contribution in [3.8, 4) is 0 Å². The molecule has 0 spiro atoms. The average Bonchev–Trinajstić information content (AvgIpc) is 3.19. The molecular weight excluding hydrogens is 248 g/mol. The van der Waals surface area contributed by atoms with Gasteiger partial charge >= 0.3 is 0 Å². The number of unbranched alkanes of at least 4 members (excludes halogenated alkanes) is 1. The third-order valence-electron chi connectivity index (χ3n) is 4.86. The lowest BCUT2D eigenvalue weighted by atomic mass is 10.1. The molecule has 1 heterocycles. The van der Waals surface area contributed by atoms with Gasteiger partial charge in [-0.3, -0.25) is 4.90 Å². The lowest BCUT2D eigenvalue weighted by molar-refractivity contribution is 0.0150. The van der Waals surface area contributed by atoms with Crippen LogP contribution in [0, 0.1) is 0 Å². The summed E-state index contributed by atoms with van der Waals surface area (Å²) in [4.78, 5) is 2.64. The number of nitrogens with one attached hydrogen (secondary N) is 1. The van der Waals surface area contributed by atoms with E-state index in [0.717, 1.165) is 19.1 Å². The molecule has 3 atom stereocenters. The van der Waals surface area contributed by atoms with Crippen molar-refractivity contribution in [1.82, 2.24) is 10.2 Å². The van der Waals surface area contributed by atoms with E-state index in [1.54, 1.807) is 0 Å². The molecule has 2 rings (SSSR count). The average molecular weight is 282 g/mol. The summed E-state index contributed by atoms with van der Waals surface area (Å²) in [6.07, 6.45) is 9.99. The van der Waals surface area contributed by atoms with Gasteiger partial charge in [-0.1, -0.05) is 20.3 Å². The first-order chi connectivity index (χ1) is 9.72. The second kappa shape index (κ2) is 8.35. The molecule has 1 saturated heterocycles. The van der Waals surface area contributed by atoms with Crippen molar-refractivity contribution in [3.63, 3.8) is 0 Å². The number of ether oxygens (including phenoxy) is 1. The van der Waals surface area contributed by atoms with Crippen molar-refractivity contribution in [1.29, 1.82) is 0 Å². The first-order valence-corrected chi connectivity index (χ1v) is 8.85. The lowest BCUT2D eigenvalue weighted by Gasteiger charge is -2.30. The van der Waals surface area contributed by atoms with Gasteiger partial charge in [-0.2, -0.15) is 0 Å². The van der Waals surface area contributed by atoms with Crippen LogP contribution in [0.25, 0.3) is 0 Å². The molecule has 1 aliphatic heterocycles. The number of nitrogens with zero attached hydrogens (tertiary/aromatic N) is 1. The normalized spacial score (nSPS) is 28.2. The molecule has 1 N–H and O–H groups in total. The van der Waals surface area contributed by atoms with Crippen LogP contribution in [0.1, 0.15) is 65.7 Å². The van der Waals surface area contributed by atoms with E-state index in [1.807, 2.05) is 0 Å². The van der Waals surface area contributed by atoms with Gasteiger partial charge in [0.25, 0.3) is 0 Å². The second-order valence-electron chi connectivity index (χ2n) is 6.75. The number of hydrogen-bond acceptors (Lipinski definition) is 3. The molecule has 0 aromatic rings. The van der Waals surface area contributed by atoms with Crippen molar-refractivity contribution in [2.45, 2.75) is 90.0 Å². The van der Waals surface area contributed by atoms with Crippen molar-refractivity contribution in [2.24, 2.45) is 0 Å². The highest BCUT2D eigenvalue weighted by molar-refractivity contribution is 4.85. The van der Waals surface area contributed by atoms with E-state index in [4.69, 9.17) is 4.74 Å². The molecule has 2 aliphatic rings. The van der Waals surface area contributed by atoms with E-state index in [9.17, 15) is 0 Å². The summed E-state index contributed by atoms with van der Waals surface area (Å²) < 4.78 is 6.24. The Labute approximate surface area is 125 Å². The fourth-order valence-corrected chi connectivity index (χ4v) is 3.02. The molecule has 0 bridgehead atoms. The largest absolute Gasteiger partial charge is 0.372 e. The topological polar surface area (TPSA) is 24.5 Å². The van der Waals surface area contributed by atoms with Crippen molar-refractivity contribution in [3.05, 3.63) is 0 Å². The monoisotopic (exact) mass is 282 g/mol. The van der Waals surface area contributed by atoms with Crippen LogP contribution in [0.2, 0.25) is 0 Å². The Morgan fingerprint density at radius 2 is 1.90 bits per heavy atom. The summed E-state index contributed by atoms with van der Waals surface area (Å²) in [5.74, 6) is 0. The maximum atomic E-state index is 6.24. The van der Waals surface area contributed by atoms with E-state index in [2.05, 4.69) is 31.0 Å². The predicted octanol–water partition coefficient (Wildman–Crippen LogP) is 3.19. The Morgan fingerprint density at radius 1 is 1.15 bits per heavy atom. The fraction of sp³-hybridized carbons (Fsp3) is 1.00. The molecule has 0 aromatic heterocycles. The predicted molar refractivity (Wildman–Crippen MR) is 85.2 cm³/mol. The van der Waals surface area contributed by atoms with Gasteiger partial charge in [0.2, 0.25) is 0 Å². The zero-order valence-corrected chi connectivity index (χ0v) is 13.7. The highest BCUT2D eigenvalue weighted by Gasteiger charge is 2.29. The number of hydrogen-bond donors (Lipinski definition) is 1. The van der Waals surface area contributed by atoms with Gasteiger partial charge in [-0.15, -0.1) is 0 Å². The van der Waals surface area contributed by atoms with Crippen LogP contribution in [-0.4, -0.2) is 48.8 Å². The molecular formula is C17H34N2O. The van der Waals surface area contributed by atoms with Crippen molar-refractivity contribution < 1.29 is 4.74 Å².